The van der Waals surface area contributed by atoms with E-state index in [1.807, 2.05) is 6.08 Å². The molecule has 2 aliphatic carbocycles. The van der Waals surface area contributed by atoms with Crippen LogP contribution in [0.25, 0.3) is 0 Å². The maximum atomic E-state index is 12.5. The van der Waals surface area contributed by atoms with Crippen LogP contribution in [0.15, 0.2) is 35.1 Å². The molecule has 100 valence electrons. The van der Waals surface area contributed by atoms with E-state index in [0.29, 0.717) is 6.04 Å². The Bertz CT molecular complexity index is 515. The molecule has 3 heteroatoms. The summed E-state index contributed by atoms with van der Waals surface area (Å²) >= 11 is 0. The van der Waals surface area contributed by atoms with E-state index in [-0.39, 0.29) is 5.78 Å². The van der Waals surface area contributed by atoms with Gasteiger partial charge >= 0.3 is 0 Å². The monoisotopic (exact) mass is 256 g/mol. The van der Waals surface area contributed by atoms with Crippen LogP contribution in [0.5, 0.6) is 0 Å². The first-order valence-corrected chi connectivity index (χ1v) is 7.43. The lowest BCUT2D eigenvalue weighted by Crippen LogP contribution is -2.44. The van der Waals surface area contributed by atoms with Crippen molar-refractivity contribution >= 4 is 5.78 Å². The molecule has 19 heavy (non-hydrogen) atoms. The minimum Gasteiger partial charge on any atom is -0.371 e. The predicted molar refractivity (Wildman–Crippen MR) is 74.7 cm³/mol. The average Bonchev–Trinajstić information content (AvgIpc) is 3.03. The van der Waals surface area contributed by atoms with Crippen molar-refractivity contribution in [1.82, 2.24) is 9.80 Å². The molecule has 4 aliphatic rings. The molecule has 0 spiro atoms. The Labute approximate surface area is 114 Å². The third-order valence-electron chi connectivity index (χ3n) is 4.97. The summed E-state index contributed by atoms with van der Waals surface area (Å²) in [6.45, 7) is 4.66. The first-order valence-electron chi connectivity index (χ1n) is 7.43. The maximum Gasteiger partial charge on any atom is 0.190 e. The van der Waals surface area contributed by atoms with E-state index in [4.69, 9.17) is 0 Å². The lowest BCUT2D eigenvalue weighted by atomic mass is 9.88. The number of Topliss-reactive ketones (excluding diaryl/α,β-unsaturated/α-hetero) is 1. The second kappa shape index (κ2) is 4.34. The van der Waals surface area contributed by atoms with Gasteiger partial charge in [0.25, 0.3) is 0 Å². The summed E-state index contributed by atoms with van der Waals surface area (Å²) in [5.41, 5.74) is 3.38. The first-order chi connectivity index (χ1) is 9.31. The molecule has 4 rings (SSSR count). The topological polar surface area (TPSA) is 23.6 Å². The predicted octanol–water partition coefficient (Wildman–Crippen LogP) is 1.88. The normalized spacial score (nSPS) is 35.5. The summed E-state index contributed by atoms with van der Waals surface area (Å²) in [5, 5.41) is 0. The van der Waals surface area contributed by atoms with Crippen LogP contribution < -0.4 is 0 Å². The Morgan fingerprint density at radius 3 is 3.11 bits per heavy atom. The summed E-state index contributed by atoms with van der Waals surface area (Å²) in [4.78, 5) is 17.4. The van der Waals surface area contributed by atoms with Gasteiger partial charge in [0.15, 0.2) is 5.78 Å². The van der Waals surface area contributed by atoms with E-state index < -0.39 is 0 Å². The third-order valence-corrected chi connectivity index (χ3v) is 4.97. The largest absolute Gasteiger partial charge is 0.371 e. The molecule has 0 aromatic heterocycles. The van der Waals surface area contributed by atoms with Crippen LogP contribution in [0.2, 0.25) is 0 Å². The Balaban J connectivity index is 1.57. The van der Waals surface area contributed by atoms with Gasteiger partial charge in [-0.25, -0.2) is 0 Å². The van der Waals surface area contributed by atoms with Crippen LogP contribution in [-0.2, 0) is 4.79 Å². The van der Waals surface area contributed by atoms with Crippen molar-refractivity contribution in [3.8, 4) is 0 Å². The minimum absolute atomic E-state index is 0.287. The van der Waals surface area contributed by atoms with E-state index in [1.54, 1.807) is 0 Å². The van der Waals surface area contributed by atoms with E-state index in [9.17, 15) is 4.79 Å². The first kappa shape index (κ1) is 11.5. The van der Waals surface area contributed by atoms with Crippen molar-refractivity contribution in [3.63, 3.8) is 0 Å². The van der Waals surface area contributed by atoms with Gasteiger partial charge in [0.1, 0.15) is 0 Å². The highest BCUT2D eigenvalue weighted by molar-refractivity contribution is 6.12. The lowest BCUT2D eigenvalue weighted by molar-refractivity contribution is -0.112. The van der Waals surface area contributed by atoms with Crippen LogP contribution in [0, 0.1) is 0 Å². The Morgan fingerprint density at radius 1 is 1.21 bits per heavy atom. The number of fused-ring (bicyclic) bond motifs is 2. The molecule has 0 aromatic carbocycles. The SMILES string of the molecule is O=C1C2=C(CC=C2)CC/C1=C\N1CCN2CCC1C2. The summed E-state index contributed by atoms with van der Waals surface area (Å²) in [7, 11) is 0. The van der Waals surface area contributed by atoms with Crippen LogP contribution in [0.3, 0.4) is 0 Å². The van der Waals surface area contributed by atoms with Crippen molar-refractivity contribution < 1.29 is 4.79 Å². The van der Waals surface area contributed by atoms with E-state index in [1.165, 1.54) is 25.1 Å². The Hall–Kier alpha value is -1.35. The second-order valence-electron chi connectivity index (χ2n) is 6.09. The summed E-state index contributed by atoms with van der Waals surface area (Å²) < 4.78 is 0. The van der Waals surface area contributed by atoms with Crippen LogP contribution >= 0.6 is 0 Å². The lowest BCUT2D eigenvalue weighted by Gasteiger charge is -2.34. The molecule has 2 bridgehead atoms. The third kappa shape index (κ3) is 1.88. The quantitative estimate of drug-likeness (QED) is 0.669. The zero-order chi connectivity index (χ0) is 12.8. The molecular formula is C16H20N2O. The highest BCUT2D eigenvalue weighted by atomic mass is 16.1. The molecule has 2 heterocycles. The van der Waals surface area contributed by atoms with E-state index in [2.05, 4.69) is 22.1 Å². The van der Waals surface area contributed by atoms with Gasteiger partial charge < -0.3 is 4.90 Å². The number of hydrogen-bond donors (Lipinski definition) is 0. The average molecular weight is 256 g/mol. The fourth-order valence-corrected chi connectivity index (χ4v) is 3.81. The van der Waals surface area contributed by atoms with Crippen LogP contribution in [0.1, 0.15) is 25.7 Å². The highest BCUT2D eigenvalue weighted by Gasteiger charge is 2.32. The molecule has 2 aliphatic heterocycles. The van der Waals surface area contributed by atoms with Gasteiger partial charge in [-0.2, -0.15) is 0 Å². The zero-order valence-corrected chi connectivity index (χ0v) is 11.3. The molecule has 0 amide bonds. The molecule has 2 unspecified atom stereocenters. The molecular weight excluding hydrogens is 236 g/mol. The molecule has 2 saturated heterocycles. The Morgan fingerprint density at radius 2 is 2.16 bits per heavy atom. The maximum absolute atomic E-state index is 12.5. The molecule has 2 fully saturated rings. The van der Waals surface area contributed by atoms with Gasteiger partial charge in [-0.05, 0) is 25.7 Å². The zero-order valence-electron chi connectivity index (χ0n) is 11.3. The second-order valence-corrected chi connectivity index (χ2v) is 6.09. The summed E-state index contributed by atoms with van der Waals surface area (Å²) in [6, 6.07) is 0.642. The molecule has 0 saturated carbocycles. The fraction of sp³-hybridized carbons (Fsp3) is 0.562. The van der Waals surface area contributed by atoms with Crippen molar-refractivity contribution in [2.75, 3.05) is 26.2 Å². The molecule has 0 aromatic rings. The molecule has 3 nitrogen and oxygen atoms in total. The number of carbonyl (C=O) groups is 1. The van der Waals surface area contributed by atoms with Crippen molar-refractivity contribution in [2.45, 2.75) is 31.7 Å². The number of piperazine rings is 1. The number of ketones is 1. The van der Waals surface area contributed by atoms with Gasteiger partial charge in [0.2, 0.25) is 0 Å². The van der Waals surface area contributed by atoms with Gasteiger partial charge in [0, 0.05) is 49.6 Å². The standard InChI is InChI=1S/C16H20N2O/c19-16-13(5-4-12-2-1-3-15(12)16)10-18-9-8-17-7-6-14(18)11-17/h1,3,10,14H,2,4-9,11H2/b13-10+. The minimum atomic E-state index is 0.287. The number of rotatable bonds is 1. The van der Waals surface area contributed by atoms with Crippen molar-refractivity contribution in [2.24, 2.45) is 0 Å². The molecule has 0 N–H and O–H groups in total. The fourth-order valence-electron chi connectivity index (χ4n) is 3.81. The van der Waals surface area contributed by atoms with Gasteiger partial charge in [-0.1, -0.05) is 17.7 Å². The molecule has 0 radical (unpaired) electrons. The van der Waals surface area contributed by atoms with Gasteiger partial charge in [-0.15, -0.1) is 0 Å². The summed E-state index contributed by atoms with van der Waals surface area (Å²) in [5.74, 6) is 0.287. The number of hydrogen-bond acceptors (Lipinski definition) is 3. The molecule has 2 atom stereocenters. The highest BCUT2D eigenvalue weighted by Crippen LogP contribution is 2.33. The van der Waals surface area contributed by atoms with Crippen molar-refractivity contribution in [3.05, 3.63) is 35.1 Å². The summed E-state index contributed by atoms with van der Waals surface area (Å²) in [6.07, 6.45) is 10.6. The number of nitrogens with zero attached hydrogens (tertiary/aromatic N) is 2. The number of carbonyl (C=O) groups excluding carboxylic acids is 1. The van der Waals surface area contributed by atoms with Crippen LogP contribution in [0.4, 0.5) is 0 Å². The van der Waals surface area contributed by atoms with E-state index >= 15 is 0 Å². The van der Waals surface area contributed by atoms with Gasteiger partial charge in [-0.3, -0.25) is 9.69 Å². The van der Waals surface area contributed by atoms with Crippen molar-refractivity contribution in [1.29, 1.82) is 0 Å². The van der Waals surface area contributed by atoms with Crippen LogP contribution in [-0.4, -0.2) is 47.8 Å². The smallest absolute Gasteiger partial charge is 0.190 e. The number of allylic oxidation sites excluding steroid dienone is 5. The van der Waals surface area contributed by atoms with E-state index in [0.717, 1.165) is 43.5 Å². The Kier molecular flexibility index (Phi) is 2.62. The van der Waals surface area contributed by atoms with Gasteiger partial charge in [0.05, 0.1) is 0 Å².